The Morgan fingerprint density at radius 2 is 1.67 bits per heavy atom. The summed E-state index contributed by atoms with van der Waals surface area (Å²) in [7, 11) is -2.30. The van der Waals surface area contributed by atoms with Gasteiger partial charge < -0.3 is 13.6 Å². The average molecular weight is 769 g/mol. The Labute approximate surface area is 323 Å². The van der Waals surface area contributed by atoms with Crippen molar-refractivity contribution in [3.63, 3.8) is 0 Å². The molecule has 0 bridgehead atoms. The molecule has 5 nitrogen and oxygen atoms in total. The number of esters is 1. The average Bonchev–Trinajstić information content (AvgIpc) is 3.66. The van der Waals surface area contributed by atoms with Crippen LogP contribution in [0.5, 0.6) is 0 Å². The summed E-state index contributed by atoms with van der Waals surface area (Å²) in [6, 6.07) is 15.2. The highest BCUT2D eigenvalue weighted by Gasteiger charge is 2.47. The fourth-order valence-electron chi connectivity index (χ4n) is 9.02. The first-order chi connectivity index (χ1) is 24.5. The number of hydrogen-bond acceptors (Lipinski definition) is 6. The highest BCUT2D eigenvalue weighted by atomic mass is 32.1. The van der Waals surface area contributed by atoms with Gasteiger partial charge in [-0.05, 0) is 122 Å². The molecule has 8 heteroatoms. The largest absolute Gasteiger partial charge is 0.469 e. The summed E-state index contributed by atoms with van der Waals surface area (Å²) in [5, 5.41) is 2.44. The molecule has 1 aromatic heterocycles. The van der Waals surface area contributed by atoms with Gasteiger partial charge in [-0.25, -0.2) is 0 Å². The molecule has 2 saturated carbocycles. The number of ketones is 1. The summed E-state index contributed by atoms with van der Waals surface area (Å²) in [6.45, 7) is 21.8. The summed E-state index contributed by atoms with van der Waals surface area (Å²) in [5.74, 6) is 1.37. The molecule has 2 aliphatic carbocycles. The molecule has 0 spiro atoms. The topological polar surface area (TPSA) is 61.8 Å². The van der Waals surface area contributed by atoms with Crippen LogP contribution < -0.4 is 0 Å². The van der Waals surface area contributed by atoms with E-state index in [4.69, 9.17) is 13.6 Å². The predicted octanol–water partition coefficient (Wildman–Crippen LogP) is 12.5. The lowest BCUT2D eigenvalue weighted by molar-refractivity contribution is -0.140. The van der Waals surface area contributed by atoms with E-state index in [0.717, 1.165) is 64.0 Å². The first-order valence-corrected chi connectivity index (χ1v) is 27.4. The van der Waals surface area contributed by atoms with Gasteiger partial charge in [0.1, 0.15) is 5.78 Å². The number of thiophene rings is 1. The molecule has 2 aliphatic rings. The van der Waals surface area contributed by atoms with E-state index in [2.05, 4.69) is 103 Å². The van der Waals surface area contributed by atoms with Gasteiger partial charge in [0.15, 0.2) is 16.6 Å². The smallest absolute Gasteiger partial charge is 0.305 e. The minimum Gasteiger partial charge on any atom is -0.469 e. The fraction of sp³-hybridized carbons (Fsp3) is 0.727. The summed E-state index contributed by atoms with van der Waals surface area (Å²) in [4.78, 5) is 26.9. The van der Waals surface area contributed by atoms with E-state index in [0.29, 0.717) is 35.9 Å². The molecular formula is C44H72O5SSi2. The maximum Gasteiger partial charge on any atom is 0.305 e. The number of unbranched alkanes of at least 4 members (excludes halogenated alkanes) is 3. The zero-order chi connectivity index (χ0) is 38.2. The van der Waals surface area contributed by atoms with Crippen molar-refractivity contribution < 1.29 is 23.2 Å². The normalized spacial score (nSPS) is 21.4. The van der Waals surface area contributed by atoms with Gasteiger partial charge in [0, 0.05) is 36.2 Å². The summed E-state index contributed by atoms with van der Waals surface area (Å²) in [5.41, 5.74) is 3.01. The molecule has 2 fully saturated rings. The number of hydrogen-bond donors (Lipinski definition) is 0. The monoisotopic (exact) mass is 768 g/mol. The van der Waals surface area contributed by atoms with Crippen molar-refractivity contribution in [2.75, 3.05) is 13.7 Å². The summed E-state index contributed by atoms with van der Waals surface area (Å²) < 4.78 is 18.5. The van der Waals surface area contributed by atoms with Crippen LogP contribution in [0.4, 0.5) is 0 Å². The Balaban J connectivity index is 1.57. The van der Waals surface area contributed by atoms with Crippen molar-refractivity contribution in [1.29, 1.82) is 0 Å². The van der Waals surface area contributed by atoms with Crippen molar-refractivity contribution in [2.45, 2.75) is 173 Å². The Morgan fingerprint density at radius 1 is 0.981 bits per heavy atom. The second-order valence-electron chi connectivity index (χ2n) is 18.8. The van der Waals surface area contributed by atoms with Gasteiger partial charge in [-0.3, -0.25) is 9.59 Å². The maximum atomic E-state index is 13.8. The standard InChI is InChI=1S/C44H72O5SSi2/c1-33(2)32-51(7,8)49-40-30-39(45)37(19-13-11-12-14-21-41(46)47-6)42(40)35-24-22-34(23-25-35)38(20-15-28-48-52(9,10)43(3,4)5)44(26-17-27-44)31-36-18-16-29-50-36/h16,18,22-25,29,33,37-38,40,42H,11-15,17,19-21,26-28,30-32H2,1-10H3/t37-,38?,40+,42-/m0/s1. The Bertz CT molecular complexity index is 1390. The van der Waals surface area contributed by atoms with Crippen LogP contribution in [0.2, 0.25) is 37.3 Å². The molecule has 1 heterocycles. The number of Topliss-reactive ketones (excluding diaryl/α,β-unsaturated/α-hetero) is 1. The van der Waals surface area contributed by atoms with Crippen molar-refractivity contribution in [3.8, 4) is 0 Å². The second-order valence-corrected chi connectivity index (χ2v) is 28.8. The minimum absolute atomic E-state index is 0.0135. The molecule has 0 saturated heterocycles. The molecule has 0 radical (unpaired) electrons. The number of methoxy groups -OCH3 is 1. The van der Waals surface area contributed by atoms with E-state index in [-0.39, 0.29) is 28.9 Å². The van der Waals surface area contributed by atoms with Crippen LogP contribution in [0, 0.1) is 17.3 Å². The predicted molar refractivity (Wildman–Crippen MR) is 223 cm³/mol. The van der Waals surface area contributed by atoms with E-state index in [1.54, 1.807) is 0 Å². The van der Waals surface area contributed by atoms with E-state index in [1.165, 1.54) is 42.4 Å². The number of ether oxygens (including phenoxy) is 1. The lowest BCUT2D eigenvalue weighted by atomic mass is 9.56. The SMILES string of the molecule is COC(=O)CCCCCC[C@H]1C(=O)C[C@@H](O[Si](C)(C)CC(C)C)[C@H]1c1ccc(C(CCCO[Si](C)(C)C(C)(C)C)C2(Cc3cccs3)CCC2)cc1. The third kappa shape index (κ3) is 11.7. The zero-order valence-electron chi connectivity index (χ0n) is 34.5. The van der Waals surface area contributed by atoms with Gasteiger partial charge in [-0.1, -0.05) is 90.6 Å². The highest BCUT2D eigenvalue weighted by molar-refractivity contribution is 7.09. The number of carbonyl (C=O) groups is 2. The van der Waals surface area contributed by atoms with Gasteiger partial charge in [0.05, 0.1) is 13.2 Å². The van der Waals surface area contributed by atoms with E-state index >= 15 is 0 Å². The van der Waals surface area contributed by atoms with Crippen LogP contribution in [0.3, 0.4) is 0 Å². The van der Waals surface area contributed by atoms with Gasteiger partial charge in [0.25, 0.3) is 0 Å². The molecule has 1 aromatic carbocycles. The lowest BCUT2D eigenvalue weighted by Gasteiger charge is -2.49. The molecule has 4 atom stereocenters. The second kappa shape index (κ2) is 18.8. The van der Waals surface area contributed by atoms with E-state index in [9.17, 15) is 9.59 Å². The van der Waals surface area contributed by atoms with Gasteiger partial charge in [-0.15, -0.1) is 11.3 Å². The first-order valence-electron chi connectivity index (χ1n) is 20.5. The fourth-order valence-corrected chi connectivity index (χ4v) is 14.1. The quantitative estimate of drug-likeness (QED) is 0.0719. The Morgan fingerprint density at radius 3 is 2.25 bits per heavy atom. The number of carbonyl (C=O) groups excluding carboxylic acids is 2. The molecule has 4 rings (SSSR count). The van der Waals surface area contributed by atoms with E-state index < -0.39 is 16.6 Å². The Kier molecular flexibility index (Phi) is 15.6. The number of rotatable bonds is 21. The molecule has 2 aromatic rings. The first kappa shape index (κ1) is 43.1. The minimum atomic E-state index is -1.96. The van der Waals surface area contributed by atoms with Crippen molar-refractivity contribution in [3.05, 3.63) is 57.8 Å². The lowest BCUT2D eigenvalue weighted by Crippen LogP contribution is -2.41. The molecule has 52 heavy (non-hydrogen) atoms. The van der Waals surface area contributed by atoms with Gasteiger partial charge >= 0.3 is 5.97 Å². The third-order valence-corrected chi connectivity index (χ3v) is 20.9. The van der Waals surface area contributed by atoms with Crippen molar-refractivity contribution in [2.24, 2.45) is 17.3 Å². The summed E-state index contributed by atoms with van der Waals surface area (Å²) in [6.07, 6.45) is 12.9. The molecule has 0 N–H and O–H groups in total. The van der Waals surface area contributed by atoms with Crippen molar-refractivity contribution >= 4 is 39.7 Å². The van der Waals surface area contributed by atoms with Gasteiger partial charge in [-0.2, -0.15) is 0 Å². The molecular weight excluding hydrogens is 697 g/mol. The molecule has 1 unspecified atom stereocenters. The van der Waals surface area contributed by atoms with E-state index in [1.807, 2.05) is 11.3 Å². The molecule has 0 aliphatic heterocycles. The van der Waals surface area contributed by atoms with Crippen LogP contribution in [0.25, 0.3) is 0 Å². The molecule has 292 valence electrons. The van der Waals surface area contributed by atoms with Crippen LogP contribution in [-0.2, 0) is 29.6 Å². The maximum absolute atomic E-state index is 13.8. The van der Waals surface area contributed by atoms with Crippen LogP contribution in [0.15, 0.2) is 41.8 Å². The van der Waals surface area contributed by atoms with Crippen LogP contribution in [-0.4, -0.2) is 48.2 Å². The number of benzene rings is 1. The molecule has 0 amide bonds. The highest BCUT2D eigenvalue weighted by Crippen LogP contribution is 2.56. The van der Waals surface area contributed by atoms with Crippen molar-refractivity contribution in [1.82, 2.24) is 0 Å². The zero-order valence-corrected chi connectivity index (χ0v) is 37.3. The van der Waals surface area contributed by atoms with Gasteiger partial charge in [0.2, 0.25) is 0 Å². The third-order valence-electron chi connectivity index (χ3n) is 12.7. The Hall–Kier alpha value is -1.59. The summed E-state index contributed by atoms with van der Waals surface area (Å²) >= 11 is 1.90. The van der Waals surface area contributed by atoms with Crippen LogP contribution in [0.1, 0.15) is 140 Å². The van der Waals surface area contributed by atoms with Crippen LogP contribution >= 0.6 is 11.3 Å².